The maximum atomic E-state index is 10.0. The molecule has 60 valence electrons. The number of carbonyl (C=O) groups is 1. The molecule has 0 aliphatic rings. The zero-order valence-electron chi connectivity index (χ0n) is 6.60. The van der Waals surface area contributed by atoms with Gasteiger partial charge in [-0.15, -0.1) is 0 Å². The van der Waals surface area contributed by atoms with E-state index in [2.05, 4.69) is 6.92 Å². The molecule has 0 spiro atoms. The van der Waals surface area contributed by atoms with Gasteiger partial charge in [0.2, 0.25) is 0 Å². The lowest BCUT2D eigenvalue weighted by molar-refractivity contribution is -0.137. The minimum atomic E-state index is -0.670. The van der Waals surface area contributed by atoms with Crippen LogP contribution in [0.5, 0.6) is 0 Å². The van der Waals surface area contributed by atoms with Crippen LogP contribution in [0.1, 0.15) is 45.4 Å². The van der Waals surface area contributed by atoms with Crippen molar-refractivity contribution in [1.29, 1.82) is 0 Å². The second kappa shape index (κ2) is 6.59. The van der Waals surface area contributed by atoms with E-state index < -0.39 is 5.97 Å². The van der Waals surface area contributed by atoms with Crippen LogP contribution in [0.4, 0.5) is 0 Å². The highest BCUT2D eigenvalue weighted by atomic mass is 16.6. The molecule has 1 N–H and O–H groups in total. The van der Waals surface area contributed by atoms with Gasteiger partial charge in [-0.2, -0.15) is 0 Å². The van der Waals surface area contributed by atoms with Crippen molar-refractivity contribution in [2.45, 2.75) is 45.4 Å². The Morgan fingerprint density at radius 1 is 1.20 bits per heavy atom. The van der Waals surface area contributed by atoms with E-state index in [1.54, 1.807) is 0 Å². The largest absolute Gasteiger partial charge is 0.481 e. The smallest absolute Gasteiger partial charge is 0.303 e. The highest BCUT2D eigenvalue weighted by Gasteiger charge is 1.94. The molecule has 0 aliphatic carbocycles. The molecule has 0 rings (SSSR count). The highest BCUT2D eigenvalue weighted by molar-refractivity contribution is 5.66. The predicted octanol–water partition coefficient (Wildman–Crippen LogP) is 2.43. The molecule has 0 radical (unpaired) electrons. The Hall–Kier alpha value is -0.530. The van der Waals surface area contributed by atoms with Gasteiger partial charge in [-0.25, -0.2) is 0 Å². The van der Waals surface area contributed by atoms with Crippen molar-refractivity contribution in [2.75, 3.05) is 0 Å². The Morgan fingerprint density at radius 3 is 2.30 bits per heavy atom. The second-order valence-electron chi connectivity index (χ2n) is 2.56. The molecule has 0 saturated heterocycles. The highest BCUT2D eigenvalue weighted by Crippen LogP contribution is 2.04. The molecule has 0 aromatic carbocycles. The Bertz CT molecular complexity index is 89.3. The normalized spacial score (nSPS) is 9.70. The van der Waals surface area contributed by atoms with Crippen molar-refractivity contribution in [3.63, 3.8) is 0 Å². The first-order valence-electron chi connectivity index (χ1n) is 3.99. The lowest BCUT2D eigenvalue weighted by atomic mass is 10.2. The van der Waals surface area contributed by atoms with Crippen molar-refractivity contribution in [3.05, 3.63) is 0 Å². The molecule has 0 aliphatic heterocycles. The van der Waals surface area contributed by atoms with Gasteiger partial charge in [-0.3, -0.25) is 4.79 Å². The lowest BCUT2D eigenvalue weighted by Crippen LogP contribution is -1.93. The number of carboxylic acids is 1. The van der Waals surface area contributed by atoms with Crippen LogP contribution >= 0.6 is 0 Å². The molecule has 0 bridgehead atoms. The standard InChI is InChI=1S/C8H16O2/c1-2-3-4-5-6-7-8(9)10/h2-7H2,1H3,(H,9,10)/i8+2. The molecular weight excluding hydrogens is 130 g/mol. The van der Waals surface area contributed by atoms with Gasteiger partial charge < -0.3 is 5.11 Å². The third kappa shape index (κ3) is 7.47. The molecule has 10 heavy (non-hydrogen) atoms. The summed E-state index contributed by atoms with van der Waals surface area (Å²) < 4.78 is 0. The van der Waals surface area contributed by atoms with Crippen LogP contribution in [0, 0.1) is 0 Å². The van der Waals surface area contributed by atoms with Gasteiger partial charge >= 0.3 is 5.97 Å². The van der Waals surface area contributed by atoms with Gasteiger partial charge in [0.1, 0.15) is 0 Å². The summed E-state index contributed by atoms with van der Waals surface area (Å²) >= 11 is 0. The topological polar surface area (TPSA) is 37.3 Å². The van der Waals surface area contributed by atoms with Gasteiger partial charge in [-0.05, 0) is 6.42 Å². The van der Waals surface area contributed by atoms with E-state index >= 15 is 0 Å². The van der Waals surface area contributed by atoms with Crippen molar-refractivity contribution in [1.82, 2.24) is 0 Å². The van der Waals surface area contributed by atoms with Crippen LogP contribution in [-0.4, -0.2) is 11.1 Å². The minimum absolute atomic E-state index is 0.337. The van der Waals surface area contributed by atoms with Gasteiger partial charge in [0, 0.05) is 6.42 Å². The SMILES string of the molecule is CCCCCCC[14C](=O)O. The number of hydrogen-bond acceptors (Lipinski definition) is 1. The maximum absolute atomic E-state index is 10.0. The first-order chi connectivity index (χ1) is 4.77. The molecule has 0 atom stereocenters. The second-order valence-corrected chi connectivity index (χ2v) is 2.56. The van der Waals surface area contributed by atoms with Gasteiger partial charge in [0.05, 0.1) is 0 Å². The third-order valence-electron chi connectivity index (χ3n) is 1.49. The van der Waals surface area contributed by atoms with Crippen molar-refractivity contribution < 1.29 is 9.90 Å². The van der Waals surface area contributed by atoms with Gasteiger partial charge in [-0.1, -0.05) is 32.6 Å². The van der Waals surface area contributed by atoms with Crippen molar-refractivity contribution >= 4 is 5.97 Å². The summed E-state index contributed by atoms with van der Waals surface area (Å²) in [5.74, 6) is -0.670. The summed E-state index contributed by atoms with van der Waals surface area (Å²) in [6.07, 6.45) is 5.88. The molecule has 0 saturated carbocycles. The Balaban J connectivity index is 2.84. The summed E-state index contributed by atoms with van der Waals surface area (Å²) in [6.45, 7) is 2.15. The zero-order valence-corrected chi connectivity index (χ0v) is 6.60. The molecule has 0 heterocycles. The summed E-state index contributed by atoms with van der Waals surface area (Å²) in [5, 5.41) is 8.27. The van der Waals surface area contributed by atoms with E-state index in [1.165, 1.54) is 19.3 Å². The van der Waals surface area contributed by atoms with Crippen LogP contribution in [0.25, 0.3) is 0 Å². The Kier molecular flexibility index (Phi) is 6.24. The number of rotatable bonds is 6. The molecular formula is C8H16O2. The van der Waals surface area contributed by atoms with E-state index in [9.17, 15) is 4.79 Å². The first-order valence-corrected chi connectivity index (χ1v) is 3.99. The average molecular weight is 146 g/mol. The zero-order chi connectivity index (χ0) is 7.82. The fourth-order valence-corrected chi connectivity index (χ4v) is 0.880. The van der Waals surface area contributed by atoms with Crippen LogP contribution < -0.4 is 0 Å². The molecule has 0 fully saturated rings. The van der Waals surface area contributed by atoms with Crippen LogP contribution in [0.3, 0.4) is 0 Å². The fourth-order valence-electron chi connectivity index (χ4n) is 0.880. The van der Waals surface area contributed by atoms with E-state index in [-0.39, 0.29) is 0 Å². The first kappa shape index (κ1) is 9.47. The third-order valence-corrected chi connectivity index (χ3v) is 1.49. The molecule has 0 amide bonds. The van der Waals surface area contributed by atoms with Gasteiger partial charge in [0.15, 0.2) is 0 Å². The van der Waals surface area contributed by atoms with Crippen molar-refractivity contribution in [2.24, 2.45) is 0 Å². The minimum Gasteiger partial charge on any atom is -0.481 e. The fraction of sp³-hybridized carbons (Fsp3) is 0.875. The van der Waals surface area contributed by atoms with Crippen LogP contribution in [0.15, 0.2) is 0 Å². The van der Waals surface area contributed by atoms with Crippen LogP contribution in [0.2, 0.25) is 0 Å². The summed E-state index contributed by atoms with van der Waals surface area (Å²) in [4.78, 5) is 10.0. The molecule has 0 aromatic heterocycles. The molecule has 2 nitrogen and oxygen atoms in total. The number of carboxylic acid groups (broad SMARTS) is 1. The molecule has 0 aromatic rings. The monoisotopic (exact) mass is 146 g/mol. The molecule has 0 unspecified atom stereocenters. The number of unbranched alkanes of at least 4 members (excludes halogenated alkanes) is 4. The Labute approximate surface area is 62.2 Å². The summed E-state index contributed by atoms with van der Waals surface area (Å²) in [6, 6.07) is 0. The summed E-state index contributed by atoms with van der Waals surface area (Å²) in [7, 11) is 0. The Morgan fingerprint density at radius 2 is 1.80 bits per heavy atom. The number of aliphatic carboxylic acids is 1. The number of hydrogen-bond donors (Lipinski definition) is 1. The van der Waals surface area contributed by atoms with E-state index in [1.807, 2.05) is 0 Å². The van der Waals surface area contributed by atoms with Crippen LogP contribution in [-0.2, 0) is 4.79 Å². The van der Waals surface area contributed by atoms with E-state index in [0.29, 0.717) is 6.42 Å². The van der Waals surface area contributed by atoms with Gasteiger partial charge in [0.25, 0.3) is 0 Å². The molecule has 2 heteroatoms. The quantitative estimate of drug-likeness (QED) is 0.584. The predicted molar refractivity (Wildman–Crippen MR) is 41.0 cm³/mol. The van der Waals surface area contributed by atoms with Crippen molar-refractivity contribution in [3.8, 4) is 0 Å². The summed E-state index contributed by atoms with van der Waals surface area (Å²) in [5.41, 5.74) is 0. The van der Waals surface area contributed by atoms with E-state index in [0.717, 1.165) is 12.8 Å². The maximum Gasteiger partial charge on any atom is 0.303 e. The lowest BCUT2D eigenvalue weighted by Gasteiger charge is -1.95. The van der Waals surface area contributed by atoms with E-state index in [4.69, 9.17) is 5.11 Å². The average Bonchev–Trinajstić information content (AvgIpc) is 1.87.